The number of aliphatic carboxylic acids is 1. The summed E-state index contributed by atoms with van der Waals surface area (Å²) >= 11 is 0. The quantitative estimate of drug-likeness (QED) is 0.691. The summed E-state index contributed by atoms with van der Waals surface area (Å²) in [6, 6.07) is 0. The Balaban J connectivity index is 4.86. The molecule has 2 heteroatoms. The van der Waals surface area contributed by atoms with Crippen molar-refractivity contribution < 1.29 is 9.90 Å². The van der Waals surface area contributed by atoms with Gasteiger partial charge in [-0.1, -0.05) is 47.6 Å². The number of hydrogen-bond acceptors (Lipinski definition) is 1. The van der Waals surface area contributed by atoms with Crippen LogP contribution in [0.25, 0.3) is 0 Å². The van der Waals surface area contributed by atoms with Crippen molar-refractivity contribution >= 4 is 5.97 Å². The molecule has 0 bridgehead atoms. The van der Waals surface area contributed by atoms with Crippen molar-refractivity contribution in [2.75, 3.05) is 0 Å². The first-order valence-electron chi connectivity index (χ1n) is 4.96. The lowest BCUT2D eigenvalue weighted by atomic mass is 9.66. The fraction of sp³-hybridized carbons (Fsp3) is 0.750. The third kappa shape index (κ3) is 4.45. The summed E-state index contributed by atoms with van der Waals surface area (Å²) in [6.45, 7) is 12.8. The average Bonchev–Trinajstić information content (AvgIpc) is 1.78. The molecule has 2 nitrogen and oxygen atoms in total. The number of allylic oxidation sites excluding steroid dienone is 1. The maximum absolute atomic E-state index is 10.5. The largest absolute Gasteiger partial charge is 0.478 e. The average molecular weight is 198 g/mol. The van der Waals surface area contributed by atoms with E-state index in [0.717, 1.165) is 0 Å². The molecule has 0 aromatic rings. The van der Waals surface area contributed by atoms with Crippen LogP contribution in [0.5, 0.6) is 0 Å². The van der Waals surface area contributed by atoms with Gasteiger partial charge < -0.3 is 5.11 Å². The third-order valence-electron chi connectivity index (χ3n) is 2.30. The van der Waals surface area contributed by atoms with Crippen LogP contribution in [0.2, 0.25) is 0 Å². The molecular weight excluding hydrogens is 176 g/mol. The summed E-state index contributed by atoms with van der Waals surface area (Å²) in [5.74, 6) is -0.616. The molecule has 0 aliphatic heterocycles. The molecule has 1 N–H and O–H groups in total. The van der Waals surface area contributed by atoms with Gasteiger partial charge in [-0.2, -0.15) is 0 Å². The number of carboxylic acid groups (broad SMARTS) is 1. The maximum atomic E-state index is 10.5. The highest BCUT2D eigenvalue weighted by atomic mass is 16.4. The molecule has 0 heterocycles. The van der Waals surface area contributed by atoms with Crippen LogP contribution < -0.4 is 0 Å². The summed E-state index contributed by atoms with van der Waals surface area (Å²) in [6.07, 6.45) is 3.06. The van der Waals surface area contributed by atoms with Gasteiger partial charge in [-0.05, 0) is 16.7 Å². The maximum Gasteiger partial charge on any atom is 0.327 e. The molecule has 0 saturated heterocycles. The smallest absolute Gasteiger partial charge is 0.327 e. The van der Waals surface area contributed by atoms with Crippen molar-refractivity contribution in [2.24, 2.45) is 16.7 Å². The van der Waals surface area contributed by atoms with E-state index in [4.69, 9.17) is 5.11 Å². The monoisotopic (exact) mass is 198 g/mol. The zero-order valence-electron chi connectivity index (χ0n) is 10.1. The van der Waals surface area contributed by atoms with Crippen molar-refractivity contribution in [2.45, 2.75) is 41.5 Å². The van der Waals surface area contributed by atoms with E-state index in [0.29, 0.717) is 0 Å². The van der Waals surface area contributed by atoms with Crippen LogP contribution in [0.3, 0.4) is 0 Å². The lowest BCUT2D eigenvalue weighted by Crippen LogP contribution is -2.31. The summed E-state index contributed by atoms with van der Waals surface area (Å²) in [5.41, 5.74) is 0.175. The molecule has 0 aliphatic carbocycles. The molecule has 0 amide bonds. The SMILES string of the molecule is CC(C)(C)C(/C=C/C(=O)O)C(C)(C)C. The van der Waals surface area contributed by atoms with Gasteiger partial charge in [-0.25, -0.2) is 4.79 Å². The van der Waals surface area contributed by atoms with Crippen molar-refractivity contribution in [3.63, 3.8) is 0 Å². The zero-order valence-corrected chi connectivity index (χ0v) is 10.1. The molecular formula is C12H22O2. The van der Waals surface area contributed by atoms with Crippen LogP contribution >= 0.6 is 0 Å². The first-order chi connectivity index (χ1) is 6.05. The van der Waals surface area contributed by atoms with E-state index < -0.39 is 5.97 Å². The molecule has 0 aromatic carbocycles. The van der Waals surface area contributed by atoms with E-state index in [-0.39, 0.29) is 16.7 Å². The van der Waals surface area contributed by atoms with E-state index in [1.54, 1.807) is 0 Å². The minimum atomic E-state index is -0.872. The molecule has 0 unspecified atom stereocenters. The first-order valence-corrected chi connectivity index (χ1v) is 4.96. The molecule has 14 heavy (non-hydrogen) atoms. The third-order valence-corrected chi connectivity index (χ3v) is 2.30. The topological polar surface area (TPSA) is 37.3 Å². The normalized spacial score (nSPS) is 13.9. The molecule has 0 fully saturated rings. The fourth-order valence-corrected chi connectivity index (χ4v) is 2.05. The van der Waals surface area contributed by atoms with Gasteiger partial charge in [0, 0.05) is 6.08 Å². The second kappa shape index (κ2) is 4.16. The Kier molecular flexibility index (Phi) is 3.92. The molecule has 0 atom stereocenters. The highest BCUT2D eigenvalue weighted by Gasteiger charge is 2.32. The Labute approximate surface area is 87.0 Å². The van der Waals surface area contributed by atoms with Gasteiger partial charge in [0.1, 0.15) is 0 Å². The van der Waals surface area contributed by atoms with Gasteiger partial charge in [0.05, 0.1) is 0 Å². The van der Waals surface area contributed by atoms with Crippen LogP contribution in [0, 0.1) is 16.7 Å². The van der Waals surface area contributed by atoms with Crippen LogP contribution in [-0.2, 0) is 4.79 Å². The van der Waals surface area contributed by atoms with Gasteiger partial charge >= 0.3 is 5.97 Å². The standard InChI is InChI=1S/C12H22O2/c1-11(2,3)9(12(4,5)6)7-8-10(13)14/h7-9H,1-6H3,(H,13,14)/b8-7+. The van der Waals surface area contributed by atoms with Crippen LogP contribution in [0.1, 0.15) is 41.5 Å². The second-order valence-corrected chi connectivity index (χ2v) is 5.91. The van der Waals surface area contributed by atoms with E-state index in [2.05, 4.69) is 41.5 Å². The predicted molar refractivity (Wildman–Crippen MR) is 59.2 cm³/mol. The van der Waals surface area contributed by atoms with E-state index in [1.165, 1.54) is 6.08 Å². The van der Waals surface area contributed by atoms with Crippen molar-refractivity contribution in [1.82, 2.24) is 0 Å². The predicted octanol–water partition coefficient (Wildman–Crippen LogP) is 3.34. The molecule has 0 rings (SSSR count). The highest BCUT2D eigenvalue weighted by Crippen LogP contribution is 2.40. The molecule has 82 valence electrons. The Morgan fingerprint density at radius 2 is 1.43 bits per heavy atom. The Morgan fingerprint density at radius 1 is 1.07 bits per heavy atom. The van der Waals surface area contributed by atoms with E-state index in [1.807, 2.05) is 6.08 Å². The van der Waals surface area contributed by atoms with Crippen molar-refractivity contribution in [1.29, 1.82) is 0 Å². The van der Waals surface area contributed by atoms with Crippen LogP contribution in [-0.4, -0.2) is 11.1 Å². The highest BCUT2D eigenvalue weighted by molar-refractivity contribution is 5.79. The minimum absolute atomic E-state index is 0.0875. The van der Waals surface area contributed by atoms with Crippen molar-refractivity contribution in [3.05, 3.63) is 12.2 Å². The molecule has 0 radical (unpaired) electrons. The number of hydrogen-bond donors (Lipinski definition) is 1. The van der Waals surface area contributed by atoms with Gasteiger partial charge in [0.15, 0.2) is 0 Å². The Morgan fingerprint density at radius 3 is 1.64 bits per heavy atom. The first kappa shape index (κ1) is 13.2. The Hall–Kier alpha value is -0.790. The summed E-state index contributed by atoms with van der Waals surface area (Å²) < 4.78 is 0. The van der Waals surface area contributed by atoms with Gasteiger partial charge in [-0.15, -0.1) is 0 Å². The van der Waals surface area contributed by atoms with Gasteiger partial charge in [-0.3, -0.25) is 0 Å². The number of carboxylic acids is 1. The van der Waals surface area contributed by atoms with Crippen molar-refractivity contribution in [3.8, 4) is 0 Å². The number of rotatable bonds is 2. The van der Waals surface area contributed by atoms with E-state index >= 15 is 0 Å². The van der Waals surface area contributed by atoms with E-state index in [9.17, 15) is 4.79 Å². The van der Waals surface area contributed by atoms with Gasteiger partial charge in [0.2, 0.25) is 0 Å². The van der Waals surface area contributed by atoms with Crippen LogP contribution in [0.15, 0.2) is 12.2 Å². The van der Waals surface area contributed by atoms with Crippen LogP contribution in [0.4, 0.5) is 0 Å². The molecule has 0 aliphatic rings. The number of carbonyl (C=O) groups is 1. The summed E-state index contributed by atoms with van der Waals surface area (Å²) in [4.78, 5) is 10.5. The lowest BCUT2D eigenvalue weighted by molar-refractivity contribution is -0.131. The van der Waals surface area contributed by atoms with Gasteiger partial charge in [0.25, 0.3) is 0 Å². The molecule has 0 aromatic heterocycles. The lowest BCUT2D eigenvalue weighted by Gasteiger charge is -2.38. The fourth-order valence-electron chi connectivity index (χ4n) is 2.05. The summed E-state index contributed by atoms with van der Waals surface area (Å²) in [5, 5.41) is 8.61. The summed E-state index contributed by atoms with van der Waals surface area (Å²) in [7, 11) is 0. The zero-order chi connectivity index (χ0) is 11.6. The Bertz CT molecular complexity index is 212. The molecule has 0 saturated carbocycles. The molecule has 0 spiro atoms. The second-order valence-electron chi connectivity index (χ2n) is 5.91. The minimum Gasteiger partial charge on any atom is -0.478 e.